The lowest BCUT2D eigenvalue weighted by Gasteiger charge is -2.37. The Balaban J connectivity index is 1.66. The molecule has 2 aliphatic rings. The highest BCUT2D eigenvalue weighted by molar-refractivity contribution is 5.93. The Labute approximate surface area is 137 Å². The van der Waals surface area contributed by atoms with Gasteiger partial charge in [-0.3, -0.25) is 9.59 Å². The predicted molar refractivity (Wildman–Crippen MR) is 87.9 cm³/mol. The third-order valence-electron chi connectivity index (χ3n) is 5.07. The molecule has 1 aromatic heterocycles. The lowest BCUT2D eigenvalue weighted by Crippen LogP contribution is -2.46. The van der Waals surface area contributed by atoms with Gasteiger partial charge in [-0.2, -0.15) is 0 Å². The summed E-state index contributed by atoms with van der Waals surface area (Å²) in [6.07, 6.45) is 4.16. The molecule has 2 aliphatic heterocycles. The van der Waals surface area contributed by atoms with Gasteiger partial charge in [-0.1, -0.05) is 12.1 Å². The number of rotatable bonds is 3. The minimum absolute atomic E-state index is 0.0306. The van der Waals surface area contributed by atoms with E-state index in [9.17, 15) is 9.59 Å². The van der Waals surface area contributed by atoms with Crippen molar-refractivity contribution in [3.8, 4) is 0 Å². The molecule has 0 saturated carbocycles. The second kappa shape index (κ2) is 6.14. The zero-order valence-electron chi connectivity index (χ0n) is 13.6. The maximum atomic E-state index is 12.6. The average Bonchev–Trinajstić information content (AvgIpc) is 2.85. The fourth-order valence-corrected chi connectivity index (χ4v) is 3.65. The zero-order valence-corrected chi connectivity index (χ0v) is 13.6. The van der Waals surface area contributed by atoms with Crippen LogP contribution in [0.25, 0.3) is 0 Å². The van der Waals surface area contributed by atoms with Gasteiger partial charge in [0.2, 0.25) is 5.91 Å². The molecule has 1 aromatic rings. The molecule has 0 atom stereocenters. The van der Waals surface area contributed by atoms with Crippen LogP contribution >= 0.6 is 0 Å². The zero-order chi connectivity index (χ0) is 16.4. The smallest absolute Gasteiger partial charge is 0.272 e. The molecule has 0 unspecified atom stereocenters. The van der Waals surface area contributed by atoms with Crippen LogP contribution in [-0.4, -0.2) is 52.8 Å². The van der Waals surface area contributed by atoms with Crippen LogP contribution in [0.4, 0.5) is 0 Å². The molecule has 23 heavy (non-hydrogen) atoms. The van der Waals surface area contributed by atoms with E-state index >= 15 is 0 Å². The predicted octanol–water partition coefficient (Wildman–Crippen LogP) is 2.03. The van der Waals surface area contributed by atoms with Crippen LogP contribution < -0.4 is 0 Å². The number of amides is 2. The first-order valence-corrected chi connectivity index (χ1v) is 8.19. The van der Waals surface area contributed by atoms with Crippen LogP contribution in [0.1, 0.15) is 35.4 Å². The summed E-state index contributed by atoms with van der Waals surface area (Å²) in [7, 11) is 0. The fraction of sp³-hybridized carbons (Fsp3) is 0.500. The van der Waals surface area contributed by atoms with Gasteiger partial charge in [-0.25, -0.2) is 4.98 Å². The average molecular weight is 313 g/mol. The van der Waals surface area contributed by atoms with E-state index in [1.807, 2.05) is 28.9 Å². The summed E-state index contributed by atoms with van der Waals surface area (Å²) in [5.74, 6) is 0.204. The molecule has 0 aliphatic carbocycles. The Hall–Kier alpha value is -2.17. The van der Waals surface area contributed by atoms with Crippen LogP contribution in [0, 0.1) is 12.3 Å². The van der Waals surface area contributed by atoms with E-state index in [1.165, 1.54) is 0 Å². The molecule has 3 heterocycles. The lowest BCUT2D eigenvalue weighted by molar-refractivity contribution is -0.137. The molecule has 0 aromatic carbocycles. The van der Waals surface area contributed by atoms with Gasteiger partial charge in [0.1, 0.15) is 5.69 Å². The molecule has 0 bridgehead atoms. The van der Waals surface area contributed by atoms with Crippen molar-refractivity contribution in [1.29, 1.82) is 0 Å². The van der Waals surface area contributed by atoms with Crippen molar-refractivity contribution < 1.29 is 9.59 Å². The Kier molecular flexibility index (Phi) is 4.20. The van der Waals surface area contributed by atoms with Gasteiger partial charge >= 0.3 is 0 Å². The highest BCUT2D eigenvalue weighted by Crippen LogP contribution is 2.41. The molecule has 2 fully saturated rings. The number of aromatic nitrogens is 1. The highest BCUT2D eigenvalue weighted by atomic mass is 16.2. The number of hydrogen-bond donors (Lipinski definition) is 0. The highest BCUT2D eigenvalue weighted by Gasteiger charge is 2.48. The first-order valence-electron chi connectivity index (χ1n) is 8.19. The van der Waals surface area contributed by atoms with E-state index in [4.69, 9.17) is 0 Å². The van der Waals surface area contributed by atoms with Gasteiger partial charge in [0.25, 0.3) is 5.91 Å². The SMILES string of the molecule is C=CCN1CCC2(CCN(C(=O)c3cccc(C)n3)CC2)C1=O. The molecule has 122 valence electrons. The van der Waals surface area contributed by atoms with Crippen LogP contribution in [0.5, 0.6) is 0 Å². The normalized spacial score (nSPS) is 20.1. The summed E-state index contributed by atoms with van der Waals surface area (Å²) in [5, 5.41) is 0. The minimum atomic E-state index is -0.264. The largest absolute Gasteiger partial charge is 0.338 e. The van der Waals surface area contributed by atoms with Crippen molar-refractivity contribution in [3.05, 3.63) is 42.2 Å². The first-order chi connectivity index (χ1) is 11.1. The molecular weight excluding hydrogens is 290 g/mol. The third kappa shape index (κ3) is 2.87. The number of piperidine rings is 1. The van der Waals surface area contributed by atoms with Gasteiger partial charge in [0.15, 0.2) is 0 Å². The van der Waals surface area contributed by atoms with Crippen molar-refractivity contribution in [2.75, 3.05) is 26.2 Å². The fourth-order valence-electron chi connectivity index (χ4n) is 3.65. The van der Waals surface area contributed by atoms with Gasteiger partial charge in [-0.15, -0.1) is 6.58 Å². The number of carbonyl (C=O) groups excluding carboxylic acids is 2. The van der Waals surface area contributed by atoms with E-state index in [0.717, 1.165) is 31.5 Å². The van der Waals surface area contributed by atoms with Crippen LogP contribution in [0.2, 0.25) is 0 Å². The van der Waals surface area contributed by atoms with Crippen molar-refractivity contribution in [3.63, 3.8) is 0 Å². The monoisotopic (exact) mass is 313 g/mol. The van der Waals surface area contributed by atoms with Crippen molar-refractivity contribution >= 4 is 11.8 Å². The van der Waals surface area contributed by atoms with Crippen LogP contribution in [0.15, 0.2) is 30.9 Å². The standard InChI is InChI=1S/C18H23N3O2/c1-3-10-21-13-9-18(17(21)23)7-11-20(12-8-18)16(22)15-6-4-5-14(2)19-15/h3-6H,1,7-13H2,2H3. The minimum Gasteiger partial charge on any atom is -0.338 e. The van der Waals surface area contributed by atoms with Crippen molar-refractivity contribution in [2.24, 2.45) is 5.41 Å². The van der Waals surface area contributed by atoms with Crippen LogP contribution in [0.3, 0.4) is 0 Å². The molecule has 0 N–H and O–H groups in total. The summed E-state index contributed by atoms with van der Waals surface area (Å²) in [4.78, 5) is 33.2. The number of aryl methyl sites for hydroxylation is 1. The molecule has 5 nitrogen and oxygen atoms in total. The molecular formula is C18H23N3O2. The number of carbonyl (C=O) groups is 2. The quantitative estimate of drug-likeness (QED) is 0.802. The second-order valence-corrected chi connectivity index (χ2v) is 6.53. The topological polar surface area (TPSA) is 53.5 Å². The van der Waals surface area contributed by atoms with E-state index in [0.29, 0.717) is 25.3 Å². The summed E-state index contributed by atoms with van der Waals surface area (Å²) >= 11 is 0. The Bertz CT molecular complexity index is 633. The van der Waals surface area contributed by atoms with E-state index in [-0.39, 0.29) is 17.2 Å². The van der Waals surface area contributed by atoms with E-state index < -0.39 is 0 Å². The Morgan fingerprint density at radius 2 is 2.00 bits per heavy atom. The number of hydrogen-bond acceptors (Lipinski definition) is 3. The first kappa shape index (κ1) is 15.7. The second-order valence-electron chi connectivity index (χ2n) is 6.53. The lowest BCUT2D eigenvalue weighted by atomic mass is 9.77. The number of pyridine rings is 1. The van der Waals surface area contributed by atoms with E-state index in [2.05, 4.69) is 11.6 Å². The summed E-state index contributed by atoms with van der Waals surface area (Å²) in [6.45, 7) is 8.28. The molecule has 3 rings (SSSR count). The molecule has 2 saturated heterocycles. The molecule has 1 spiro atoms. The maximum Gasteiger partial charge on any atom is 0.272 e. The summed E-state index contributed by atoms with van der Waals surface area (Å²) in [6, 6.07) is 5.49. The van der Waals surface area contributed by atoms with Crippen LogP contribution in [-0.2, 0) is 4.79 Å². The van der Waals surface area contributed by atoms with Crippen molar-refractivity contribution in [1.82, 2.24) is 14.8 Å². The summed E-state index contributed by atoms with van der Waals surface area (Å²) < 4.78 is 0. The van der Waals surface area contributed by atoms with Gasteiger partial charge < -0.3 is 9.80 Å². The van der Waals surface area contributed by atoms with E-state index in [1.54, 1.807) is 12.1 Å². The molecule has 0 radical (unpaired) electrons. The van der Waals surface area contributed by atoms with Gasteiger partial charge in [0, 0.05) is 31.9 Å². The Morgan fingerprint density at radius 1 is 1.30 bits per heavy atom. The van der Waals surface area contributed by atoms with Gasteiger partial charge in [-0.05, 0) is 38.3 Å². The Morgan fingerprint density at radius 3 is 2.65 bits per heavy atom. The maximum absolute atomic E-state index is 12.6. The van der Waals surface area contributed by atoms with Gasteiger partial charge in [0.05, 0.1) is 5.41 Å². The molecule has 2 amide bonds. The number of nitrogens with zero attached hydrogens (tertiary/aromatic N) is 3. The molecule has 5 heteroatoms. The summed E-state index contributed by atoms with van der Waals surface area (Å²) in [5.41, 5.74) is 1.07. The third-order valence-corrected chi connectivity index (χ3v) is 5.07. The number of likely N-dealkylation sites (tertiary alicyclic amines) is 2. The van der Waals surface area contributed by atoms with Crippen molar-refractivity contribution in [2.45, 2.75) is 26.2 Å².